The first-order valence-electron chi connectivity index (χ1n) is 18.1. The second-order valence-corrected chi connectivity index (χ2v) is 12.9. The van der Waals surface area contributed by atoms with Crippen molar-refractivity contribution in [3.63, 3.8) is 0 Å². The minimum Gasteiger partial charge on any atom is -0.492 e. The van der Waals surface area contributed by atoms with Crippen LogP contribution in [0.3, 0.4) is 0 Å². The van der Waals surface area contributed by atoms with E-state index >= 15 is 0 Å². The second-order valence-electron chi connectivity index (χ2n) is 12.9. The Kier molecular flexibility index (Phi) is 13.4. The maximum Gasteiger partial charge on any atom is 0.127 e. The molecule has 1 saturated heterocycles. The highest BCUT2D eigenvalue weighted by Crippen LogP contribution is 2.29. The molecular weight excluding hydrogens is 647 g/mol. The van der Waals surface area contributed by atoms with E-state index in [4.69, 9.17) is 24.1 Å². The molecule has 1 aliphatic rings. The fourth-order valence-electron chi connectivity index (χ4n) is 5.91. The van der Waals surface area contributed by atoms with Crippen molar-refractivity contribution in [3.05, 3.63) is 158 Å². The topological polar surface area (TPSA) is 60.4 Å². The zero-order valence-electron chi connectivity index (χ0n) is 29.8. The van der Waals surface area contributed by atoms with Gasteiger partial charge in [-0.15, -0.1) is 0 Å². The average molecular weight is 694 g/mol. The van der Waals surface area contributed by atoms with Crippen molar-refractivity contribution in [2.24, 2.45) is 5.92 Å². The Morgan fingerprint density at radius 1 is 0.462 bits per heavy atom. The van der Waals surface area contributed by atoms with Crippen molar-refractivity contribution in [1.82, 2.24) is 4.90 Å². The van der Waals surface area contributed by atoms with E-state index in [0.29, 0.717) is 12.4 Å². The van der Waals surface area contributed by atoms with Crippen molar-refractivity contribution in [2.75, 3.05) is 39.5 Å². The molecule has 6 aromatic carbocycles. The Morgan fingerprint density at radius 2 is 0.808 bits per heavy atom. The van der Waals surface area contributed by atoms with Gasteiger partial charge in [-0.3, -0.25) is 4.90 Å². The molecule has 1 fully saturated rings. The van der Waals surface area contributed by atoms with Crippen LogP contribution in [0.15, 0.2) is 158 Å². The largest absolute Gasteiger partial charge is 0.492 e. The van der Waals surface area contributed by atoms with Crippen LogP contribution in [-0.4, -0.2) is 49.5 Å². The van der Waals surface area contributed by atoms with Gasteiger partial charge in [0, 0.05) is 6.54 Å². The summed E-state index contributed by atoms with van der Waals surface area (Å²) in [5, 5.41) is 8.73. The van der Waals surface area contributed by atoms with Crippen LogP contribution in [0.4, 0.5) is 0 Å². The van der Waals surface area contributed by atoms with E-state index in [-0.39, 0.29) is 6.61 Å². The number of aliphatic hydroxyl groups is 1. The van der Waals surface area contributed by atoms with Crippen LogP contribution >= 0.6 is 0 Å². The maximum atomic E-state index is 8.73. The molecule has 52 heavy (non-hydrogen) atoms. The van der Waals surface area contributed by atoms with E-state index in [9.17, 15) is 0 Å². The van der Waals surface area contributed by atoms with Crippen LogP contribution in [0, 0.1) is 5.92 Å². The standard InChI is InChI=1S/C26H29NO2.C20H18O3/c1-21-15-17-27(18-16-21)19-20-28-24-11-13-26(14-12-24)29-25-9-7-23(8-10-25)22-5-3-2-4-6-22;21-14-15-22-18-10-12-20(13-11-18)23-19-8-6-17(7-9-19)16-4-2-1-3-5-16/h2-14,21H,15-20H2,1H3;1-13,21H,14-15H2. The minimum atomic E-state index is 0.00597. The van der Waals surface area contributed by atoms with Crippen molar-refractivity contribution in [2.45, 2.75) is 19.8 Å². The van der Waals surface area contributed by atoms with Crippen LogP contribution < -0.4 is 18.9 Å². The molecule has 0 aromatic heterocycles. The number of piperidine rings is 1. The SMILES string of the molecule is CC1CCN(CCOc2ccc(Oc3ccc(-c4ccccc4)cc3)cc2)CC1.OCCOc1ccc(Oc2ccc(-c3ccccc3)cc2)cc1. The van der Waals surface area contributed by atoms with Gasteiger partial charge in [-0.2, -0.15) is 0 Å². The summed E-state index contributed by atoms with van der Waals surface area (Å²) in [4.78, 5) is 2.50. The van der Waals surface area contributed by atoms with Gasteiger partial charge in [0.05, 0.1) is 6.61 Å². The van der Waals surface area contributed by atoms with Crippen molar-refractivity contribution in [1.29, 1.82) is 0 Å². The fraction of sp³-hybridized carbons (Fsp3) is 0.217. The number of nitrogens with zero attached hydrogens (tertiary/aromatic N) is 1. The monoisotopic (exact) mass is 693 g/mol. The second kappa shape index (κ2) is 19.2. The van der Waals surface area contributed by atoms with Crippen molar-refractivity contribution >= 4 is 0 Å². The van der Waals surface area contributed by atoms with Gasteiger partial charge in [-0.05, 0) is 127 Å². The van der Waals surface area contributed by atoms with Crippen LogP contribution in [0.1, 0.15) is 19.8 Å². The number of likely N-dealkylation sites (tertiary alicyclic amines) is 1. The average Bonchev–Trinajstić information content (AvgIpc) is 3.21. The van der Waals surface area contributed by atoms with E-state index in [1.807, 2.05) is 109 Å². The Hall–Kier alpha value is -5.56. The lowest BCUT2D eigenvalue weighted by Crippen LogP contribution is -2.35. The predicted molar refractivity (Wildman–Crippen MR) is 210 cm³/mol. The molecule has 0 saturated carbocycles. The molecule has 0 bridgehead atoms. The molecule has 0 aliphatic carbocycles. The number of rotatable bonds is 13. The van der Waals surface area contributed by atoms with Gasteiger partial charge in [0.1, 0.15) is 47.7 Å². The predicted octanol–water partition coefficient (Wildman–Crippen LogP) is 10.8. The van der Waals surface area contributed by atoms with Gasteiger partial charge in [-0.1, -0.05) is 91.9 Å². The highest BCUT2D eigenvalue weighted by Gasteiger charge is 2.15. The van der Waals surface area contributed by atoms with E-state index in [0.717, 1.165) is 53.4 Å². The Labute approximate surface area is 307 Å². The summed E-state index contributed by atoms with van der Waals surface area (Å²) in [5.41, 5.74) is 4.74. The first-order valence-corrected chi connectivity index (χ1v) is 18.1. The van der Waals surface area contributed by atoms with E-state index < -0.39 is 0 Å². The third-order valence-corrected chi connectivity index (χ3v) is 8.95. The number of ether oxygens (including phenoxy) is 4. The lowest BCUT2D eigenvalue weighted by molar-refractivity contribution is 0.160. The summed E-state index contributed by atoms with van der Waals surface area (Å²) >= 11 is 0. The minimum absolute atomic E-state index is 0.00597. The van der Waals surface area contributed by atoms with Crippen LogP contribution in [0.5, 0.6) is 34.5 Å². The van der Waals surface area contributed by atoms with Crippen molar-refractivity contribution < 1.29 is 24.1 Å². The molecule has 6 aromatic rings. The lowest BCUT2D eigenvalue weighted by Gasteiger charge is -2.29. The number of benzene rings is 6. The third kappa shape index (κ3) is 11.2. The zero-order chi connectivity index (χ0) is 35.8. The first kappa shape index (κ1) is 36.2. The number of hydrogen-bond donors (Lipinski definition) is 1. The highest BCUT2D eigenvalue weighted by molar-refractivity contribution is 5.65. The lowest BCUT2D eigenvalue weighted by atomic mass is 9.99. The fourth-order valence-corrected chi connectivity index (χ4v) is 5.91. The van der Waals surface area contributed by atoms with E-state index in [1.165, 1.54) is 42.6 Å². The van der Waals surface area contributed by atoms with Gasteiger partial charge >= 0.3 is 0 Å². The van der Waals surface area contributed by atoms with Crippen molar-refractivity contribution in [3.8, 4) is 56.8 Å². The Bertz CT molecular complexity index is 1870. The van der Waals surface area contributed by atoms with Crippen LogP contribution in [-0.2, 0) is 0 Å². The van der Waals surface area contributed by atoms with Crippen LogP contribution in [0.25, 0.3) is 22.3 Å². The third-order valence-electron chi connectivity index (χ3n) is 8.95. The quantitative estimate of drug-likeness (QED) is 0.130. The maximum absolute atomic E-state index is 8.73. The summed E-state index contributed by atoms with van der Waals surface area (Å²) in [7, 11) is 0. The Morgan fingerprint density at radius 3 is 1.21 bits per heavy atom. The summed E-state index contributed by atoms with van der Waals surface area (Å²) in [6.07, 6.45) is 2.61. The number of hydrogen-bond acceptors (Lipinski definition) is 6. The van der Waals surface area contributed by atoms with Gasteiger partial charge in [0.2, 0.25) is 0 Å². The summed E-state index contributed by atoms with van der Waals surface area (Å²) in [5.74, 6) is 5.65. The van der Waals surface area contributed by atoms with Gasteiger partial charge in [0.15, 0.2) is 0 Å². The molecule has 0 unspecified atom stereocenters. The highest BCUT2D eigenvalue weighted by atomic mass is 16.5. The summed E-state index contributed by atoms with van der Waals surface area (Å²) in [6.45, 7) is 6.76. The first-order chi connectivity index (χ1) is 25.6. The molecule has 1 heterocycles. The molecule has 7 rings (SSSR count). The van der Waals surface area contributed by atoms with Crippen LogP contribution in [0.2, 0.25) is 0 Å². The molecule has 6 heteroatoms. The molecule has 0 amide bonds. The summed E-state index contributed by atoms with van der Waals surface area (Å²) in [6, 6.07) is 52.0. The smallest absolute Gasteiger partial charge is 0.127 e. The molecule has 0 radical (unpaired) electrons. The number of aliphatic hydroxyl groups excluding tert-OH is 1. The molecule has 0 spiro atoms. The summed E-state index contributed by atoms with van der Waals surface area (Å²) < 4.78 is 23.0. The molecular formula is C46H47NO5. The van der Waals surface area contributed by atoms with Gasteiger partial charge < -0.3 is 24.1 Å². The zero-order valence-corrected chi connectivity index (χ0v) is 29.8. The molecule has 0 atom stereocenters. The Balaban J connectivity index is 0.000000183. The van der Waals surface area contributed by atoms with E-state index in [2.05, 4.69) is 60.4 Å². The molecule has 6 nitrogen and oxygen atoms in total. The molecule has 1 aliphatic heterocycles. The normalized spacial score (nSPS) is 13.0. The van der Waals surface area contributed by atoms with Gasteiger partial charge in [0.25, 0.3) is 0 Å². The van der Waals surface area contributed by atoms with Gasteiger partial charge in [-0.25, -0.2) is 0 Å². The van der Waals surface area contributed by atoms with E-state index in [1.54, 1.807) is 0 Å². The molecule has 1 N–H and O–H groups in total. The molecule has 266 valence electrons.